The molecule has 1 amide bonds. The molecule has 1 aliphatic rings. The number of hydrogen-bond donors (Lipinski definition) is 1. The summed E-state index contributed by atoms with van der Waals surface area (Å²) in [4.78, 5) is 14.0. The first-order valence-corrected chi connectivity index (χ1v) is 7.83. The Morgan fingerprint density at radius 3 is 2.95 bits per heavy atom. The molecular weight excluding hydrogens is 264 g/mol. The fourth-order valence-electron chi connectivity index (χ4n) is 2.69. The maximum Gasteiger partial charge on any atom is 0.222 e. The Hall–Kier alpha value is -1.39. The van der Waals surface area contributed by atoms with Gasteiger partial charge in [-0.05, 0) is 32.0 Å². The number of carbonyl (C=O) groups excluding carboxylic acids is 1. The van der Waals surface area contributed by atoms with E-state index in [0.717, 1.165) is 39.1 Å². The van der Waals surface area contributed by atoms with Crippen molar-refractivity contribution < 1.29 is 9.53 Å². The van der Waals surface area contributed by atoms with Crippen molar-refractivity contribution >= 4 is 5.91 Å². The van der Waals surface area contributed by atoms with Crippen LogP contribution in [-0.2, 0) is 16.1 Å². The van der Waals surface area contributed by atoms with Gasteiger partial charge in [0.1, 0.15) is 0 Å². The van der Waals surface area contributed by atoms with Crippen molar-refractivity contribution in [3.63, 3.8) is 0 Å². The van der Waals surface area contributed by atoms with Gasteiger partial charge in [-0.3, -0.25) is 4.79 Å². The molecule has 1 N–H and O–H groups in total. The lowest BCUT2D eigenvalue weighted by Crippen LogP contribution is -2.29. The molecule has 0 bridgehead atoms. The molecule has 1 aromatic carbocycles. The van der Waals surface area contributed by atoms with Crippen molar-refractivity contribution in [3.8, 4) is 0 Å². The molecule has 1 fully saturated rings. The fourth-order valence-corrected chi connectivity index (χ4v) is 2.69. The molecular formula is C17H26N2O2. The molecule has 0 aromatic heterocycles. The Morgan fingerprint density at radius 1 is 1.38 bits per heavy atom. The molecule has 0 saturated carbocycles. The van der Waals surface area contributed by atoms with Crippen LogP contribution in [0.2, 0.25) is 0 Å². The maximum atomic E-state index is 12.0. The van der Waals surface area contributed by atoms with Crippen LogP contribution in [0.3, 0.4) is 0 Å². The van der Waals surface area contributed by atoms with Crippen LogP contribution in [0.25, 0.3) is 0 Å². The minimum absolute atomic E-state index is 0.288. The van der Waals surface area contributed by atoms with Crippen molar-refractivity contribution in [1.29, 1.82) is 0 Å². The molecule has 0 aliphatic carbocycles. The van der Waals surface area contributed by atoms with Gasteiger partial charge in [-0.25, -0.2) is 0 Å². The van der Waals surface area contributed by atoms with E-state index in [1.165, 1.54) is 5.56 Å². The van der Waals surface area contributed by atoms with E-state index in [9.17, 15) is 4.79 Å². The number of nitrogens with zero attached hydrogens (tertiary/aromatic N) is 1. The molecule has 1 aromatic rings. The van der Waals surface area contributed by atoms with Gasteiger partial charge >= 0.3 is 0 Å². The van der Waals surface area contributed by atoms with Gasteiger partial charge < -0.3 is 15.0 Å². The van der Waals surface area contributed by atoms with Crippen molar-refractivity contribution in [1.82, 2.24) is 10.2 Å². The minimum atomic E-state index is 0.288. The van der Waals surface area contributed by atoms with E-state index in [1.54, 1.807) is 0 Å². The minimum Gasteiger partial charge on any atom is -0.376 e. The van der Waals surface area contributed by atoms with Gasteiger partial charge in [0, 0.05) is 25.4 Å². The Morgan fingerprint density at radius 2 is 2.19 bits per heavy atom. The lowest BCUT2D eigenvalue weighted by atomic mass is 10.1. The zero-order valence-electron chi connectivity index (χ0n) is 12.9. The van der Waals surface area contributed by atoms with Gasteiger partial charge in [0.05, 0.1) is 13.2 Å². The van der Waals surface area contributed by atoms with E-state index in [1.807, 2.05) is 30.1 Å². The number of nitrogens with one attached hydrogen (secondary N) is 1. The molecule has 1 heterocycles. The zero-order valence-corrected chi connectivity index (χ0v) is 12.9. The fraction of sp³-hybridized carbons (Fsp3) is 0.588. The Bertz CT molecular complexity index is 422. The first kappa shape index (κ1) is 16.0. The van der Waals surface area contributed by atoms with E-state index in [2.05, 4.69) is 17.4 Å². The third-order valence-electron chi connectivity index (χ3n) is 3.92. The highest BCUT2D eigenvalue weighted by Crippen LogP contribution is 2.18. The molecule has 1 unspecified atom stereocenters. The van der Waals surface area contributed by atoms with Crippen LogP contribution < -0.4 is 5.32 Å². The standard InChI is InChI=1S/C17H26N2O2/c1-18-10-5-8-17(20)19-11-9-16(12-19)14-21-13-15-6-3-2-4-7-15/h2-4,6-7,16,18H,5,8-14H2,1H3. The number of carbonyl (C=O) groups is 1. The smallest absolute Gasteiger partial charge is 0.222 e. The molecule has 1 atom stereocenters. The van der Waals surface area contributed by atoms with Gasteiger partial charge in [-0.15, -0.1) is 0 Å². The largest absolute Gasteiger partial charge is 0.376 e. The van der Waals surface area contributed by atoms with Crippen molar-refractivity contribution in [2.24, 2.45) is 5.92 Å². The molecule has 116 valence electrons. The molecule has 1 aliphatic heterocycles. The molecule has 1 saturated heterocycles. The van der Waals surface area contributed by atoms with E-state index < -0.39 is 0 Å². The summed E-state index contributed by atoms with van der Waals surface area (Å²) < 4.78 is 5.78. The molecule has 4 heteroatoms. The SMILES string of the molecule is CNCCCC(=O)N1CCC(COCc2ccccc2)C1. The van der Waals surface area contributed by atoms with Gasteiger partial charge in [-0.2, -0.15) is 0 Å². The van der Waals surface area contributed by atoms with Crippen LogP contribution in [0.5, 0.6) is 0 Å². The van der Waals surface area contributed by atoms with Crippen molar-refractivity contribution in [3.05, 3.63) is 35.9 Å². The summed E-state index contributed by atoms with van der Waals surface area (Å²) in [5, 5.41) is 3.08. The summed E-state index contributed by atoms with van der Waals surface area (Å²) >= 11 is 0. The quantitative estimate of drug-likeness (QED) is 0.745. The Labute approximate surface area is 127 Å². The first-order valence-electron chi connectivity index (χ1n) is 7.83. The van der Waals surface area contributed by atoms with E-state index >= 15 is 0 Å². The second-order valence-electron chi connectivity index (χ2n) is 5.70. The van der Waals surface area contributed by atoms with Crippen LogP contribution >= 0.6 is 0 Å². The number of ether oxygens (including phenoxy) is 1. The average molecular weight is 290 g/mol. The van der Waals surface area contributed by atoms with Gasteiger partial charge in [0.25, 0.3) is 0 Å². The molecule has 2 rings (SSSR count). The normalized spacial score (nSPS) is 18.1. The number of likely N-dealkylation sites (tertiary alicyclic amines) is 1. The van der Waals surface area contributed by atoms with Crippen LogP contribution in [0.4, 0.5) is 0 Å². The summed E-state index contributed by atoms with van der Waals surface area (Å²) in [5.41, 5.74) is 1.20. The Kier molecular flexibility index (Phi) is 6.70. The summed E-state index contributed by atoms with van der Waals surface area (Å²) in [6.07, 6.45) is 2.63. The summed E-state index contributed by atoms with van der Waals surface area (Å²) in [5.74, 6) is 0.776. The average Bonchev–Trinajstić information content (AvgIpc) is 2.97. The van der Waals surface area contributed by atoms with Crippen molar-refractivity contribution in [2.75, 3.05) is 33.3 Å². The van der Waals surface area contributed by atoms with E-state index in [-0.39, 0.29) is 5.91 Å². The second-order valence-corrected chi connectivity index (χ2v) is 5.70. The third-order valence-corrected chi connectivity index (χ3v) is 3.92. The number of benzene rings is 1. The lowest BCUT2D eigenvalue weighted by Gasteiger charge is -2.16. The van der Waals surface area contributed by atoms with E-state index in [4.69, 9.17) is 4.74 Å². The first-order chi connectivity index (χ1) is 10.3. The highest BCUT2D eigenvalue weighted by Gasteiger charge is 2.25. The topological polar surface area (TPSA) is 41.6 Å². The van der Waals surface area contributed by atoms with Crippen LogP contribution in [-0.4, -0.2) is 44.1 Å². The predicted molar refractivity (Wildman–Crippen MR) is 83.9 cm³/mol. The van der Waals surface area contributed by atoms with Gasteiger partial charge in [0.2, 0.25) is 5.91 Å². The van der Waals surface area contributed by atoms with Gasteiger partial charge in [-0.1, -0.05) is 30.3 Å². The molecule has 21 heavy (non-hydrogen) atoms. The monoisotopic (exact) mass is 290 g/mol. The van der Waals surface area contributed by atoms with E-state index in [0.29, 0.717) is 18.9 Å². The molecule has 0 spiro atoms. The third kappa shape index (κ3) is 5.48. The lowest BCUT2D eigenvalue weighted by molar-refractivity contribution is -0.130. The predicted octanol–water partition coefficient (Wildman–Crippen LogP) is 2.05. The summed E-state index contributed by atoms with van der Waals surface area (Å²) in [6, 6.07) is 10.2. The number of rotatable bonds is 8. The van der Waals surface area contributed by atoms with Crippen LogP contribution in [0.15, 0.2) is 30.3 Å². The molecule has 4 nitrogen and oxygen atoms in total. The summed E-state index contributed by atoms with van der Waals surface area (Å²) in [6.45, 7) is 4.05. The Balaban J connectivity index is 1.62. The summed E-state index contributed by atoms with van der Waals surface area (Å²) in [7, 11) is 1.92. The number of amides is 1. The van der Waals surface area contributed by atoms with Gasteiger partial charge in [0.15, 0.2) is 0 Å². The number of hydrogen-bond acceptors (Lipinski definition) is 3. The van der Waals surface area contributed by atoms with Crippen LogP contribution in [0.1, 0.15) is 24.8 Å². The van der Waals surface area contributed by atoms with Crippen molar-refractivity contribution in [2.45, 2.75) is 25.9 Å². The highest BCUT2D eigenvalue weighted by molar-refractivity contribution is 5.76. The second kappa shape index (κ2) is 8.80. The maximum absolute atomic E-state index is 12.0. The van der Waals surface area contributed by atoms with Crippen LogP contribution in [0, 0.1) is 5.92 Å². The highest BCUT2D eigenvalue weighted by atomic mass is 16.5. The zero-order chi connectivity index (χ0) is 14.9. The molecule has 0 radical (unpaired) electrons.